The van der Waals surface area contributed by atoms with Crippen LogP contribution in [0.15, 0.2) is 16.2 Å². The van der Waals surface area contributed by atoms with Crippen molar-refractivity contribution in [3.63, 3.8) is 0 Å². The number of aromatic nitrogens is 3. The smallest absolute Gasteiger partial charge is 0.319 e. The zero-order valence-electron chi connectivity index (χ0n) is 5.39. The molecule has 0 aliphatic carbocycles. The number of nitrogens with zero attached hydrogens (tertiary/aromatic N) is 3. The van der Waals surface area contributed by atoms with Crippen molar-refractivity contribution in [1.82, 2.24) is 15.1 Å². The predicted molar refractivity (Wildman–Crippen MR) is 39.8 cm³/mol. The highest BCUT2D eigenvalue weighted by atomic mass is 32.1. The molecule has 11 heavy (non-hydrogen) atoms. The van der Waals surface area contributed by atoms with Gasteiger partial charge in [0.25, 0.3) is 0 Å². The van der Waals surface area contributed by atoms with Crippen LogP contribution in [0.1, 0.15) is 0 Å². The van der Waals surface area contributed by atoms with Gasteiger partial charge in [-0.25, -0.2) is 0 Å². The minimum Gasteiger partial charge on any atom is -0.351 e. The van der Waals surface area contributed by atoms with Gasteiger partial charge in [-0.2, -0.15) is 4.98 Å². The molecule has 0 spiro atoms. The average Bonchev–Trinajstić information content (AvgIpc) is 2.55. The summed E-state index contributed by atoms with van der Waals surface area (Å²) in [5.74, 6) is 0.491. The fraction of sp³-hybridized carbons (Fsp3) is 0. The molecular formula is C5H4N4OS. The van der Waals surface area contributed by atoms with Gasteiger partial charge in [-0.15, -0.1) is 11.3 Å². The zero-order chi connectivity index (χ0) is 7.68. The Morgan fingerprint density at radius 1 is 1.55 bits per heavy atom. The molecule has 2 rings (SSSR count). The molecule has 56 valence electrons. The summed E-state index contributed by atoms with van der Waals surface area (Å²) in [7, 11) is 0. The van der Waals surface area contributed by atoms with Crippen LogP contribution in [-0.4, -0.2) is 15.1 Å². The molecule has 0 saturated heterocycles. The molecular weight excluding hydrogens is 164 g/mol. The van der Waals surface area contributed by atoms with Gasteiger partial charge in [-0.05, 0) is 0 Å². The third-order valence-electron chi connectivity index (χ3n) is 1.09. The molecule has 0 unspecified atom stereocenters. The lowest BCUT2D eigenvalue weighted by Gasteiger charge is -1.78. The number of thiazole rings is 1. The van der Waals surface area contributed by atoms with Crippen LogP contribution in [0.5, 0.6) is 0 Å². The van der Waals surface area contributed by atoms with Crippen LogP contribution in [0.25, 0.3) is 10.7 Å². The van der Waals surface area contributed by atoms with Crippen LogP contribution >= 0.6 is 11.3 Å². The van der Waals surface area contributed by atoms with Crippen molar-refractivity contribution >= 4 is 17.4 Å². The maximum Gasteiger partial charge on any atom is 0.319 e. The van der Waals surface area contributed by atoms with Crippen LogP contribution in [0, 0.1) is 0 Å². The fourth-order valence-corrected chi connectivity index (χ4v) is 1.21. The first-order valence-corrected chi connectivity index (χ1v) is 3.72. The van der Waals surface area contributed by atoms with E-state index in [1.54, 1.807) is 11.7 Å². The Balaban J connectivity index is 2.45. The molecule has 2 aromatic heterocycles. The fourth-order valence-electron chi connectivity index (χ4n) is 0.661. The summed E-state index contributed by atoms with van der Waals surface area (Å²) in [5, 5.41) is 3.62. The lowest BCUT2D eigenvalue weighted by Crippen LogP contribution is -1.82. The van der Waals surface area contributed by atoms with Crippen molar-refractivity contribution in [1.29, 1.82) is 0 Å². The summed E-state index contributed by atoms with van der Waals surface area (Å²) in [6.45, 7) is 0. The predicted octanol–water partition coefficient (Wildman–Crippen LogP) is 0.775. The lowest BCUT2D eigenvalue weighted by atomic mass is 10.5. The number of rotatable bonds is 1. The Morgan fingerprint density at radius 2 is 2.45 bits per heavy atom. The molecule has 2 aromatic rings. The van der Waals surface area contributed by atoms with E-state index in [0.29, 0.717) is 5.82 Å². The number of anilines is 1. The number of hydrogen-bond donors (Lipinski definition) is 1. The van der Waals surface area contributed by atoms with Gasteiger partial charge in [0.2, 0.25) is 5.82 Å². The Hall–Kier alpha value is -1.43. The molecule has 0 amide bonds. The molecule has 0 fully saturated rings. The maximum atomic E-state index is 5.23. The number of hydrogen-bond acceptors (Lipinski definition) is 6. The van der Waals surface area contributed by atoms with Crippen LogP contribution in [0.3, 0.4) is 0 Å². The third-order valence-corrected chi connectivity index (χ3v) is 1.86. The number of nitrogens with two attached hydrogens (primary N) is 1. The Bertz CT molecular complexity index is 341. The summed E-state index contributed by atoms with van der Waals surface area (Å²) >= 11 is 1.44. The first kappa shape index (κ1) is 6.29. The second-order valence-corrected chi connectivity index (χ2v) is 2.71. The Labute approximate surface area is 65.9 Å². The highest BCUT2D eigenvalue weighted by Crippen LogP contribution is 2.19. The largest absolute Gasteiger partial charge is 0.351 e. The molecule has 2 N–H and O–H groups in total. The third kappa shape index (κ3) is 1.07. The molecule has 0 aliphatic rings. The minimum absolute atomic E-state index is 0.0772. The van der Waals surface area contributed by atoms with Crippen LogP contribution in [0.4, 0.5) is 6.01 Å². The molecule has 5 nitrogen and oxygen atoms in total. The summed E-state index contributed by atoms with van der Waals surface area (Å²) in [5.41, 5.74) is 6.92. The normalized spacial score (nSPS) is 10.2. The quantitative estimate of drug-likeness (QED) is 0.680. The minimum atomic E-state index is 0.0772. The molecule has 0 radical (unpaired) electrons. The van der Waals surface area contributed by atoms with Crippen molar-refractivity contribution in [3.05, 3.63) is 11.7 Å². The Morgan fingerprint density at radius 3 is 3.00 bits per heavy atom. The van der Waals surface area contributed by atoms with E-state index in [-0.39, 0.29) is 6.01 Å². The van der Waals surface area contributed by atoms with E-state index in [9.17, 15) is 0 Å². The first-order chi connectivity index (χ1) is 5.36. The highest BCUT2D eigenvalue weighted by Gasteiger charge is 2.06. The zero-order valence-corrected chi connectivity index (χ0v) is 6.21. The van der Waals surface area contributed by atoms with Gasteiger partial charge in [0.1, 0.15) is 0 Å². The van der Waals surface area contributed by atoms with Crippen LogP contribution in [-0.2, 0) is 0 Å². The average molecular weight is 168 g/mol. The first-order valence-electron chi connectivity index (χ1n) is 2.84. The lowest BCUT2D eigenvalue weighted by molar-refractivity contribution is 0.437. The molecule has 0 atom stereocenters. The van der Waals surface area contributed by atoms with Gasteiger partial charge in [0, 0.05) is 6.20 Å². The van der Waals surface area contributed by atoms with Gasteiger partial charge in [-0.1, -0.05) is 5.16 Å². The van der Waals surface area contributed by atoms with Gasteiger partial charge in [0.15, 0.2) is 0 Å². The van der Waals surface area contributed by atoms with E-state index in [0.717, 1.165) is 4.88 Å². The van der Waals surface area contributed by atoms with Crippen molar-refractivity contribution in [2.45, 2.75) is 0 Å². The van der Waals surface area contributed by atoms with E-state index < -0.39 is 0 Å². The maximum absolute atomic E-state index is 5.23. The van der Waals surface area contributed by atoms with Crippen molar-refractivity contribution in [3.8, 4) is 10.7 Å². The van der Waals surface area contributed by atoms with E-state index in [2.05, 4.69) is 19.6 Å². The van der Waals surface area contributed by atoms with E-state index in [1.807, 2.05) is 0 Å². The second-order valence-electron chi connectivity index (χ2n) is 1.82. The second kappa shape index (κ2) is 2.31. The van der Waals surface area contributed by atoms with Gasteiger partial charge >= 0.3 is 6.01 Å². The van der Waals surface area contributed by atoms with Crippen LogP contribution in [0.2, 0.25) is 0 Å². The standard InChI is InChI=1S/C5H4N4OS/c6-5-8-4(9-10-5)3-1-7-2-11-3/h1-2H,(H2,6,8,9). The van der Waals surface area contributed by atoms with Crippen molar-refractivity contribution in [2.24, 2.45) is 0 Å². The summed E-state index contributed by atoms with van der Waals surface area (Å²) < 4.78 is 4.58. The Kier molecular flexibility index (Phi) is 1.32. The molecule has 0 saturated carbocycles. The number of nitrogen functional groups attached to an aromatic ring is 1. The van der Waals surface area contributed by atoms with E-state index in [1.165, 1.54) is 11.3 Å². The summed E-state index contributed by atoms with van der Waals surface area (Å²) in [6, 6.07) is 0.0772. The topological polar surface area (TPSA) is 77.8 Å². The molecule has 0 aromatic carbocycles. The van der Waals surface area contributed by atoms with Gasteiger partial charge < -0.3 is 10.3 Å². The SMILES string of the molecule is Nc1nc(-c2cncs2)no1. The molecule has 2 heterocycles. The summed E-state index contributed by atoms with van der Waals surface area (Å²) in [4.78, 5) is 8.54. The van der Waals surface area contributed by atoms with Gasteiger partial charge in [0.05, 0.1) is 10.4 Å². The van der Waals surface area contributed by atoms with E-state index in [4.69, 9.17) is 5.73 Å². The van der Waals surface area contributed by atoms with Crippen molar-refractivity contribution in [2.75, 3.05) is 5.73 Å². The summed E-state index contributed by atoms with van der Waals surface area (Å²) in [6.07, 6.45) is 1.66. The molecule has 0 bridgehead atoms. The monoisotopic (exact) mass is 168 g/mol. The van der Waals surface area contributed by atoms with Crippen LogP contribution < -0.4 is 5.73 Å². The highest BCUT2D eigenvalue weighted by molar-refractivity contribution is 7.13. The van der Waals surface area contributed by atoms with Crippen molar-refractivity contribution < 1.29 is 4.52 Å². The van der Waals surface area contributed by atoms with E-state index >= 15 is 0 Å². The van der Waals surface area contributed by atoms with Gasteiger partial charge in [-0.3, -0.25) is 4.98 Å². The molecule has 6 heteroatoms. The molecule has 0 aliphatic heterocycles.